The molecule has 0 saturated heterocycles. The first-order valence-corrected chi connectivity index (χ1v) is 8.92. The first-order chi connectivity index (χ1) is 13.6. The van der Waals surface area contributed by atoms with Crippen molar-refractivity contribution in [2.24, 2.45) is 0 Å². The summed E-state index contributed by atoms with van der Waals surface area (Å²) < 4.78 is 21.9. The molecule has 1 heterocycles. The molecule has 0 unspecified atom stereocenters. The van der Waals surface area contributed by atoms with Gasteiger partial charge in [-0.05, 0) is 37.1 Å². The van der Waals surface area contributed by atoms with Gasteiger partial charge < -0.3 is 18.9 Å². The molecule has 0 N–H and O–H groups in total. The Morgan fingerprint density at radius 1 is 0.929 bits per heavy atom. The van der Waals surface area contributed by atoms with E-state index in [4.69, 9.17) is 18.9 Å². The molecular weight excluding hydrogens is 360 g/mol. The van der Waals surface area contributed by atoms with Crippen molar-refractivity contribution >= 4 is 16.8 Å². The van der Waals surface area contributed by atoms with Crippen molar-refractivity contribution in [1.29, 1.82) is 0 Å². The summed E-state index contributed by atoms with van der Waals surface area (Å²) in [6.45, 7) is 0. The third-order valence-corrected chi connectivity index (χ3v) is 4.48. The van der Waals surface area contributed by atoms with E-state index in [1.807, 2.05) is 24.3 Å². The number of para-hydroxylation sites is 2. The number of ether oxygens (including phenoxy) is 4. The normalized spacial score (nSPS) is 13.2. The van der Waals surface area contributed by atoms with E-state index >= 15 is 0 Å². The number of nitrogens with zero attached hydrogens (tertiary/aromatic N) is 2. The summed E-state index contributed by atoms with van der Waals surface area (Å²) in [6, 6.07) is 10.6. The Bertz CT molecular complexity index is 1020. The number of carbonyl (C=O) groups is 1. The number of benzene rings is 2. The monoisotopic (exact) mass is 380 g/mol. The van der Waals surface area contributed by atoms with Gasteiger partial charge in [0.15, 0.2) is 17.2 Å². The van der Waals surface area contributed by atoms with Gasteiger partial charge in [-0.15, -0.1) is 0 Å². The zero-order valence-electron chi connectivity index (χ0n) is 15.9. The van der Waals surface area contributed by atoms with Crippen molar-refractivity contribution in [2.75, 3.05) is 21.3 Å². The van der Waals surface area contributed by atoms with Crippen LogP contribution >= 0.6 is 0 Å². The van der Waals surface area contributed by atoms with Crippen molar-refractivity contribution in [2.45, 2.75) is 18.9 Å². The molecule has 7 heteroatoms. The molecule has 1 aliphatic carbocycles. The van der Waals surface area contributed by atoms with Gasteiger partial charge in [-0.1, -0.05) is 12.1 Å². The lowest BCUT2D eigenvalue weighted by Gasteiger charge is -2.14. The first kappa shape index (κ1) is 18.0. The number of aromatic nitrogens is 2. The minimum absolute atomic E-state index is 0.0851. The van der Waals surface area contributed by atoms with Gasteiger partial charge in [-0.3, -0.25) is 4.79 Å². The van der Waals surface area contributed by atoms with Crippen molar-refractivity contribution < 1.29 is 23.7 Å². The van der Waals surface area contributed by atoms with Crippen LogP contribution in [0.4, 0.5) is 0 Å². The Hall–Kier alpha value is -3.35. The molecule has 0 bridgehead atoms. The van der Waals surface area contributed by atoms with E-state index in [0.717, 1.165) is 12.8 Å². The minimum atomic E-state index is -0.326. The summed E-state index contributed by atoms with van der Waals surface area (Å²) in [5.41, 5.74) is 1.82. The molecule has 144 valence electrons. The maximum atomic E-state index is 13.3. The maximum Gasteiger partial charge on any atom is 0.245 e. The molecule has 4 rings (SSSR count). The number of carbonyl (C=O) groups excluding carboxylic acids is 1. The van der Waals surface area contributed by atoms with Gasteiger partial charge in [0.2, 0.25) is 17.4 Å². The number of hydrogen-bond donors (Lipinski definition) is 0. The molecule has 0 atom stereocenters. The summed E-state index contributed by atoms with van der Waals surface area (Å²) in [4.78, 5) is 22.4. The van der Waals surface area contributed by atoms with Gasteiger partial charge >= 0.3 is 0 Å². The van der Waals surface area contributed by atoms with Crippen LogP contribution in [-0.4, -0.2) is 43.2 Å². The summed E-state index contributed by atoms with van der Waals surface area (Å²) in [5, 5.41) is 0. The third kappa shape index (κ3) is 3.31. The van der Waals surface area contributed by atoms with Crippen LogP contribution in [-0.2, 0) is 0 Å². The smallest absolute Gasteiger partial charge is 0.245 e. The fraction of sp³-hybridized carbons (Fsp3) is 0.286. The Morgan fingerprint density at radius 2 is 1.54 bits per heavy atom. The lowest BCUT2D eigenvalue weighted by molar-refractivity contribution is 0.102. The van der Waals surface area contributed by atoms with Gasteiger partial charge in [0, 0.05) is 5.56 Å². The molecule has 0 spiro atoms. The third-order valence-electron chi connectivity index (χ3n) is 4.48. The maximum absolute atomic E-state index is 13.3. The fourth-order valence-corrected chi connectivity index (χ4v) is 2.91. The van der Waals surface area contributed by atoms with Gasteiger partial charge in [-0.2, -0.15) is 0 Å². The number of ketones is 1. The number of hydrogen-bond acceptors (Lipinski definition) is 7. The van der Waals surface area contributed by atoms with Crippen LogP contribution in [0.5, 0.6) is 23.1 Å². The van der Waals surface area contributed by atoms with E-state index < -0.39 is 0 Å². The van der Waals surface area contributed by atoms with Crippen LogP contribution in [0.2, 0.25) is 0 Å². The highest BCUT2D eigenvalue weighted by molar-refractivity contribution is 6.10. The molecule has 1 aliphatic rings. The van der Waals surface area contributed by atoms with Crippen LogP contribution in [0.1, 0.15) is 28.9 Å². The van der Waals surface area contributed by atoms with Crippen molar-refractivity contribution in [3.8, 4) is 23.1 Å². The highest BCUT2D eigenvalue weighted by Gasteiger charge is 2.29. The van der Waals surface area contributed by atoms with Gasteiger partial charge in [0.05, 0.1) is 32.4 Å². The van der Waals surface area contributed by atoms with Crippen LogP contribution in [0.15, 0.2) is 36.4 Å². The predicted octanol–water partition coefficient (Wildman–Crippen LogP) is 3.43. The van der Waals surface area contributed by atoms with E-state index in [1.165, 1.54) is 21.3 Å². The lowest BCUT2D eigenvalue weighted by Crippen LogP contribution is -2.12. The Kier molecular flexibility index (Phi) is 4.73. The summed E-state index contributed by atoms with van der Waals surface area (Å²) in [5.74, 6) is 1.13. The number of methoxy groups -OCH3 is 3. The zero-order valence-corrected chi connectivity index (χ0v) is 15.9. The van der Waals surface area contributed by atoms with Crippen molar-refractivity contribution in [3.63, 3.8) is 0 Å². The Balaban J connectivity index is 1.83. The second kappa shape index (κ2) is 7.34. The van der Waals surface area contributed by atoms with Gasteiger partial charge in [0.1, 0.15) is 6.10 Å². The van der Waals surface area contributed by atoms with Crippen LogP contribution < -0.4 is 18.9 Å². The molecule has 0 amide bonds. The SMILES string of the molecule is COc1cc(C(=O)c2nc3ccccc3nc2OC2CC2)cc(OC)c1OC. The molecule has 1 saturated carbocycles. The van der Waals surface area contributed by atoms with Crippen LogP contribution in [0.25, 0.3) is 11.0 Å². The molecule has 7 nitrogen and oxygen atoms in total. The molecule has 0 radical (unpaired) electrons. The molecule has 1 aromatic heterocycles. The van der Waals surface area contributed by atoms with Crippen molar-refractivity contribution in [3.05, 3.63) is 47.7 Å². The number of fused-ring (bicyclic) bond motifs is 1. The number of rotatable bonds is 7. The Labute approximate surface area is 162 Å². The Morgan fingerprint density at radius 3 is 2.07 bits per heavy atom. The molecule has 28 heavy (non-hydrogen) atoms. The highest BCUT2D eigenvalue weighted by atomic mass is 16.5. The first-order valence-electron chi connectivity index (χ1n) is 8.92. The lowest BCUT2D eigenvalue weighted by atomic mass is 10.1. The average Bonchev–Trinajstić information content (AvgIpc) is 3.55. The summed E-state index contributed by atoms with van der Waals surface area (Å²) in [7, 11) is 4.52. The van der Waals surface area contributed by atoms with E-state index in [0.29, 0.717) is 33.8 Å². The average molecular weight is 380 g/mol. The van der Waals surface area contributed by atoms with Crippen molar-refractivity contribution in [1.82, 2.24) is 9.97 Å². The van der Waals surface area contributed by atoms with E-state index in [2.05, 4.69) is 9.97 Å². The highest BCUT2D eigenvalue weighted by Crippen LogP contribution is 2.39. The minimum Gasteiger partial charge on any atom is -0.493 e. The molecule has 2 aromatic carbocycles. The van der Waals surface area contributed by atoms with E-state index in [-0.39, 0.29) is 23.5 Å². The molecule has 1 fully saturated rings. The van der Waals surface area contributed by atoms with Crippen LogP contribution in [0.3, 0.4) is 0 Å². The largest absolute Gasteiger partial charge is 0.493 e. The summed E-state index contributed by atoms with van der Waals surface area (Å²) in [6.07, 6.45) is 1.99. The second-order valence-electron chi connectivity index (χ2n) is 6.43. The predicted molar refractivity (Wildman–Crippen MR) is 103 cm³/mol. The van der Waals surface area contributed by atoms with E-state index in [1.54, 1.807) is 12.1 Å². The standard InChI is InChI=1S/C21H20N2O5/c1-25-16-10-12(11-17(26-2)20(16)27-3)19(24)18-21(28-13-8-9-13)23-15-7-5-4-6-14(15)22-18/h4-7,10-11,13H,8-9H2,1-3H3. The van der Waals surface area contributed by atoms with Gasteiger partial charge in [0.25, 0.3) is 0 Å². The quantitative estimate of drug-likeness (QED) is 0.581. The zero-order chi connectivity index (χ0) is 19.7. The second-order valence-corrected chi connectivity index (χ2v) is 6.43. The topological polar surface area (TPSA) is 79.8 Å². The van der Waals surface area contributed by atoms with Crippen LogP contribution in [0, 0.1) is 0 Å². The molecular formula is C21H20N2O5. The van der Waals surface area contributed by atoms with E-state index in [9.17, 15) is 4.79 Å². The summed E-state index contributed by atoms with van der Waals surface area (Å²) >= 11 is 0. The molecule has 3 aromatic rings. The molecule has 0 aliphatic heterocycles. The van der Waals surface area contributed by atoms with Gasteiger partial charge in [-0.25, -0.2) is 9.97 Å². The fourth-order valence-electron chi connectivity index (χ4n) is 2.91.